The van der Waals surface area contributed by atoms with Crippen molar-refractivity contribution in [1.29, 1.82) is 0 Å². The van der Waals surface area contributed by atoms with Crippen LogP contribution in [0.15, 0.2) is 50.6 Å². The summed E-state index contributed by atoms with van der Waals surface area (Å²) in [6.45, 7) is 3.53. The molecular formula is C17H14N2O3. The molecular weight excluding hydrogens is 280 g/mol. The fourth-order valence-electron chi connectivity index (χ4n) is 2.16. The molecule has 0 saturated carbocycles. The molecule has 5 nitrogen and oxygen atoms in total. The first kappa shape index (κ1) is 14.0. The number of fused-ring (bicyclic) bond motifs is 1. The molecule has 0 bridgehead atoms. The predicted octanol–water partition coefficient (Wildman–Crippen LogP) is 3.26. The Kier molecular flexibility index (Phi) is 3.47. The van der Waals surface area contributed by atoms with Crippen LogP contribution in [0.4, 0.5) is 5.69 Å². The largest absolute Gasteiger partial charge is 0.507 e. The summed E-state index contributed by atoms with van der Waals surface area (Å²) >= 11 is 0. The number of nitrogens with zero attached hydrogens (tertiary/aromatic N) is 2. The van der Waals surface area contributed by atoms with Gasteiger partial charge in [0.1, 0.15) is 17.1 Å². The third-order valence-electron chi connectivity index (χ3n) is 3.24. The molecule has 0 spiro atoms. The van der Waals surface area contributed by atoms with Crippen molar-refractivity contribution in [2.24, 2.45) is 4.99 Å². The van der Waals surface area contributed by atoms with E-state index in [0.29, 0.717) is 11.4 Å². The van der Waals surface area contributed by atoms with Crippen LogP contribution in [-0.2, 0) is 0 Å². The van der Waals surface area contributed by atoms with E-state index in [0.717, 1.165) is 16.6 Å². The lowest BCUT2D eigenvalue weighted by Gasteiger charge is -2.01. The second-order valence-corrected chi connectivity index (χ2v) is 5.03. The van der Waals surface area contributed by atoms with Gasteiger partial charge in [-0.05, 0) is 38.1 Å². The summed E-state index contributed by atoms with van der Waals surface area (Å²) in [5.74, 6) is 0.211. The number of benzene rings is 1. The maximum absolute atomic E-state index is 11.7. The molecule has 2 heterocycles. The summed E-state index contributed by atoms with van der Waals surface area (Å²) in [5.41, 5.74) is 1.92. The second kappa shape index (κ2) is 5.44. The van der Waals surface area contributed by atoms with Gasteiger partial charge in [-0.15, -0.1) is 0 Å². The summed E-state index contributed by atoms with van der Waals surface area (Å²) < 4.78 is 4.94. The third kappa shape index (κ3) is 2.74. The Morgan fingerprint density at radius 2 is 2.00 bits per heavy atom. The van der Waals surface area contributed by atoms with E-state index in [2.05, 4.69) is 9.98 Å². The molecule has 0 radical (unpaired) electrons. The van der Waals surface area contributed by atoms with Gasteiger partial charge < -0.3 is 9.52 Å². The van der Waals surface area contributed by atoms with Crippen molar-refractivity contribution in [2.75, 3.05) is 0 Å². The van der Waals surface area contributed by atoms with Crippen LogP contribution in [0.1, 0.15) is 17.0 Å². The van der Waals surface area contributed by atoms with Crippen molar-refractivity contribution in [3.8, 4) is 5.75 Å². The van der Waals surface area contributed by atoms with E-state index in [9.17, 15) is 9.90 Å². The van der Waals surface area contributed by atoms with E-state index < -0.39 is 5.63 Å². The first-order chi connectivity index (χ1) is 10.5. The summed E-state index contributed by atoms with van der Waals surface area (Å²) in [6, 6.07) is 10.8. The highest BCUT2D eigenvalue weighted by Crippen LogP contribution is 2.21. The van der Waals surface area contributed by atoms with Gasteiger partial charge in [0.05, 0.1) is 11.2 Å². The number of hydrogen-bond acceptors (Lipinski definition) is 5. The minimum absolute atomic E-state index is 0.0349. The van der Waals surface area contributed by atoms with Crippen molar-refractivity contribution < 1.29 is 9.52 Å². The topological polar surface area (TPSA) is 75.7 Å². The minimum Gasteiger partial charge on any atom is -0.507 e. The predicted molar refractivity (Wildman–Crippen MR) is 85.1 cm³/mol. The zero-order valence-electron chi connectivity index (χ0n) is 12.2. The van der Waals surface area contributed by atoms with Crippen LogP contribution < -0.4 is 5.63 Å². The van der Waals surface area contributed by atoms with Gasteiger partial charge in [0.25, 0.3) is 0 Å². The fourth-order valence-corrected chi connectivity index (χ4v) is 2.16. The maximum atomic E-state index is 11.7. The van der Waals surface area contributed by atoms with E-state index >= 15 is 0 Å². The molecule has 110 valence electrons. The molecule has 0 atom stereocenters. The number of aryl methyl sites for hydroxylation is 2. The molecule has 1 aromatic carbocycles. The third-order valence-corrected chi connectivity index (χ3v) is 3.24. The zero-order valence-corrected chi connectivity index (χ0v) is 12.2. The van der Waals surface area contributed by atoms with Gasteiger partial charge in [-0.3, -0.25) is 9.98 Å². The van der Waals surface area contributed by atoms with Crippen molar-refractivity contribution >= 4 is 22.8 Å². The number of pyridine rings is 1. The average Bonchev–Trinajstić information content (AvgIpc) is 2.46. The van der Waals surface area contributed by atoms with Crippen LogP contribution >= 0.6 is 0 Å². The molecule has 0 fully saturated rings. The summed E-state index contributed by atoms with van der Waals surface area (Å²) in [6.07, 6.45) is 1.31. The Morgan fingerprint density at radius 1 is 1.18 bits per heavy atom. The fraction of sp³-hybridized carbons (Fsp3) is 0.118. The highest BCUT2D eigenvalue weighted by atomic mass is 16.4. The highest BCUT2D eigenvalue weighted by molar-refractivity contribution is 5.87. The highest BCUT2D eigenvalue weighted by Gasteiger charge is 2.07. The minimum atomic E-state index is -0.612. The number of aliphatic imine (C=N–C) groups is 1. The van der Waals surface area contributed by atoms with E-state index in [1.807, 2.05) is 31.2 Å². The van der Waals surface area contributed by atoms with Crippen LogP contribution in [-0.4, -0.2) is 16.3 Å². The van der Waals surface area contributed by atoms with Gasteiger partial charge in [-0.25, -0.2) is 4.79 Å². The average molecular weight is 294 g/mol. The molecule has 5 heteroatoms. The molecule has 1 N–H and O–H groups in total. The molecule has 22 heavy (non-hydrogen) atoms. The molecule has 3 aromatic rings. The smallest absolute Gasteiger partial charge is 0.348 e. The van der Waals surface area contributed by atoms with E-state index in [4.69, 9.17) is 4.42 Å². The maximum Gasteiger partial charge on any atom is 0.348 e. The van der Waals surface area contributed by atoms with E-state index in [1.165, 1.54) is 12.3 Å². The van der Waals surface area contributed by atoms with Crippen LogP contribution in [0, 0.1) is 13.8 Å². The lowest BCUT2D eigenvalue weighted by molar-refractivity contribution is 0.433. The van der Waals surface area contributed by atoms with Crippen molar-refractivity contribution in [3.05, 3.63) is 63.8 Å². The second-order valence-electron chi connectivity index (χ2n) is 5.03. The SMILES string of the molecule is Cc1ccc2cc(N=Cc3c(O)cc(C)oc3=O)ccc2n1. The van der Waals surface area contributed by atoms with Crippen molar-refractivity contribution in [3.63, 3.8) is 0 Å². The van der Waals surface area contributed by atoms with Crippen LogP contribution in [0.5, 0.6) is 5.75 Å². The quantitative estimate of drug-likeness (QED) is 0.736. The Bertz CT molecular complexity index is 942. The van der Waals surface area contributed by atoms with Gasteiger partial charge in [0, 0.05) is 23.4 Å². The zero-order chi connectivity index (χ0) is 15.7. The monoisotopic (exact) mass is 294 g/mol. The van der Waals surface area contributed by atoms with Crippen LogP contribution in [0.3, 0.4) is 0 Å². The Labute approximate surface area is 126 Å². The van der Waals surface area contributed by atoms with Crippen LogP contribution in [0.2, 0.25) is 0 Å². The molecule has 0 unspecified atom stereocenters. The first-order valence-electron chi connectivity index (χ1n) is 6.78. The molecule has 0 aliphatic heterocycles. The van der Waals surface area contributed by atoms with Gasteiger partial charge >= 0.3 is 5.63 Å². The Hall–Kier alpha value is -2.95. The number of rotatable bonds is 2. The lowest BCUT2D eigenvalue weighted by Crippen LogP contribution is -2.07. The summed E-state index contributed by atoms with van der Waals surface area (Å²) in [5, 5.41) is 10.7. The number of hydrogen-bond donors (Lipinski definition) is 1. The van der Waals surface area contributed by atoms with E-state index in [-0.39, 0.29) is 11.3 Å². The number of aromatic nitrogens is 1. The molecule has 3 rings (SSSR count). The first-order valence-corrected chi connectivity index (χ1v) is 6.78. The van der Waals surface area contributed by atoms with Gasteiger partial charge in [0.15, 0.2) is 0 Å². The molecule has 0 saturated heterocycles. The van der Waals surface area contributed by atoms with Crippen LogP contribution in [0.25, 0.3) is 10.9 Å². The molecule has 0 aliphatic carbocycles. The van der Waals surface area contributed by atoms with Crippen molar-refractivity contribution in [1.82, 2.24) is 4.98 Å². The molecule has 2 aromatic heterocycles. The summed E-state index contributed by atoms with van der Waals surface area (Å²) in [4.78, 5) is 20.3. The van der Waals surface area contributed by atoms with Crippen molar-refractivity contribution in [2.45, 2.75) is 13.8 Å². The molecule has 0 amide bonds. The normalized spacial score (nSPS) is 11.4. The van der Waals surface area contributed by atoms with Gasteiger partial charge in [0.2, 0.25) is 0 Å². The van der Waals surface area contributed by atoms with E-state index in [1.54, 1.807) is 13.0 Å². The van der Waals surface area contributed by atoms with Gasteiger partial charge in [-0.1, -0.05) is 6.07 Å². The van der Waals surface area contributed by atoms with Gasteiger partial charge in [-0.2, -0.15) is 0 Å². The lowest BCUT2D eigenvalue weighted by atomic mass is 10.2. The standard InChI is InChI=1S/C17H14N2O3/c1-10-3-4-12-8-13(5-6-15(12)19-10)18-9-14-16(20)7-11(2)22-17(14)21/h3-9,20H,1-2H3. The Morgan fingerprint density at radius 3 is 2.77 bits per heavy atom. The summed E-state index contributed by atoms with van der Waals surface area (Å²) in [7, 11) is 0. The molecule has 0 aliphatic rings. The number of aromatic hydroxyl groups is 1. The Balaban J connectivity index is 1.99.